The van der Waals surface area contributed by atoms with Gasteiger partial charge in [-0.25, -0.2) is 0 Å². The van der Waals surface area contributed by atoms with Crippen LogP contribution in [0, 0.1) is 6.92 Å². The molecule has 0 radical (unpaired) electrons. The molecular weight excluding hydrogens is 418 g/mol. The number of halogens is 1. The van der Waals surface area contributed by atoms with Crippen LogP contribution >= 0.6 is 27.7 Å². The lowest BCUT2D eigenvalue weighted by molar-refractivity contribution is -0.113. The number of rotatable bonds is 6. The Morgan fingerprint density at radius 2 is 2.08 bits per heavy atom. The summed E-state index contributed by atoms with van der Waals surface area (Å²) in [7, 11) is 1.58. The number of carbonyl (C=O) groups excluding carboxylic acids is 1. The molecule has 0 saturated heterocycles. The second-order valence-corrected chi connectivity index (χ2v) is 7.16. The van der Waals surface area contributed by atoms with E-state index in [1.807, 2.05) is 49.4 Å². The lowest BCUT2D eigenvalue weighted by Gasteiger charge is -2.06. The number of nitrogens with zero attached hydrogens (tertiary/aromatic N) is 2. The van der Waals surface area contributed by atoms with Gasteiger partial charge in [0.15, 0.2) is 0 Å². The van der Waals surface area contributed by atoms with Crippen molar-refractivity contribution in [2.45, 2.75) is 12.1 Å². The third-order valence-corrected chi connectivity index (χ3v) is 5.22. The number of aromatic nitrogens is 2. The molecule has 0 spiro atoms. The molecule has 3 aromatic rings. The minimum atomic E-state index is -0.145. The summed E-state index contributed by atoms with van der Waals surface area (Å²) >= 11 is 4.62. The molecule has 0 fully saturated rings. The predicted octanol–water partition coefficient (Wildman–Crippen LogP) is 4.55. The minimum absolute atomic E-state index is 0.145. The van der Waals surface area contributed by atoms with Crippen LogP contribution in [-0.4, -0.2) is 29.0 Å². The van der Waals surface area contributed by atoms with Gasteiger partial charge in [0, 0.05) is 10.2 Å². The average molecular weight is 434 g/mol. The van der Waals surface area contributed by atoms with E-state index < -0.39 is 0 Å². The highest BCUT2D eigenvalue weighted by Gasteiger charge is 2.14. The van der Waals surface area contributed by atoms with Crippen molar-refractivity contribution in [2.75, 3.05) is 18.2 Å². The number of ether oxygens (including phenoxy) is 1. The number of thioether (sulfide) groups is 1. The van der Waals surface area contributed by atoms with Gasteiger partial charge in [-0.15, -0.1) is 10.2 Å². The fourth-order valence-corrected chi connectivity index (χ4v) is 3.05. The molecule has 2 aromatic carbocycles. The van der Waals surface area contributed by atoms with Crippen molar-refractivity contribution in [3.8, 4) is 17.2 Å². The normalized spacial score (nSPS) is 10.6. The number of methoxy groups -OCH3 is 1. The van der Waals surface area contributed by atoms with Gasteiger partial charge in [-0.2, -0.15) is 0 Å². The summed E-state index contributed by atoms with van der Waals surface area (Å²) < 4.78 is 11.9. The van der Waals surface area contributed by atoms with Gasteiger partial charge < -0.3 is 14.5 Å². The van der Waals surface area contributed by atoms with E-state index in [4.69, 9.17) is 9.15 Å². The number of benzene rings is 2. The fraction of sp³-hybridized carbons (Fsp3) is 0.167. The number of para-hydroxylation sites is 1. The lowest BCUT2D eigenvalue weighted by Crippen LogP contribution is -2.14. The van der Waals surface area contributed by atoms with Crippen molar-refractivity contribution in [2.24, 2.45) is 0 Å². The quantitative estimate of drug-likeness (QED) is 0.574. The zero-order chi connectivity index (χ0) is 18.5. The standard InChI is InChI=1S/C18H16BrN3O3S/c1-11-9-12(7-8-14(11)19)20-16(23)10-26-18-22-21-17(25-18)13-5-3-4-6-15(13)24-2/h3-9H,10H2,1-2H3,(H,20,23). The molecule has 1 amide bonds. The second-order valence-electron chi connectivity index (χ2n) is 5.37. The van der Waals surface area contributed by atoms with Crippen LogP contribution in [0.3, 0.4) is 0 Å². The Bertz CT molecular complexity index is 930. The molecule has 3 rings (SSSR count). The maximum atomic E-state index is 12.1. The van der Waals surface area contributed by atoms with Gasteiger partial charge >= 0.3 is 0 Å². The summed E-state index contributed by atoms with van der Waals surface area (Å²) in [5.41, 5.74) is 2.51. The molecule has 0 saturated carbocycles. The Balaban J connectivity index is 1.61. The highest BCUT2D eigenvalue weighted by Crippen LogP contribution is 2.30. The Labute approximate surface area is 163 Å². The first-order valence-electron chi connectivity index (χ1n) is 7.72. The molecule has 1 aromatic heterocycles. The zero-order valence-corrected chi connectivity index (χ0v) is 16.6. The summed E-state index contributed by atoms with van der Waals surface area (Å²) in [5, 5.41) is 11.2. The highest BCUT2D eigenvalue weighted by molar-refractivity contribution is 9.10. The monoisotopic (exact) mass is 433 g/mol. The third kappa shape index (κ3) is 4.44. The number of anilines is 1. The van der Waals surface area contributed by atoms with E-state index in [1.165, 1.54) is 11.8 Å². The van der Waals surface area contributed by atoms with Crippen LogP contribution in [-0.2, 0) is 4.79 Å². The molecule has 0 aliphatic carbocycles. The summed E-state index contributed by atoms with van der Waals surface area (Å²) in [6.07, 6.45) is 0. The smallest absolute Gasteiger partial charge is 0.277 e. The number of nitrogens with one attached hydrogen (secondary N) is 1. The summed E-state index contributed by atoms with van der Waals surface area (Å²) in [6.45, 7) is 1.96. The van der Waals surface area contributed by atoms with E-state index in [1.54, 1.807) is 7.11 Å². The number of hydrogen-bond acceptors (Lipinski definition) is 6. The van der Waals surface area contributed by atoms with Crippen LogP contribution in [0.25, 0.3) is 11.5 Å². The lowest BCUT2D eigenvalue weighted by atomic mass is 10.2. The second kappa shape index (κ2) is 8.37. The number of carbonyl (C=O) groups is 1. The predicted molar refractivity (Wildman–Crippen MR) is 105 cm³/mol. The van der Waals surface area contributed by atoms with E-state index in [9.17, 15) is 4.79 Å². The number of amides is 1. The van der Waals surface area contributed by atoms with E-state index in [0.29, 0.717) is 22.4 Å². The van der Waals surface area contributed by atoms with Crippen LogP contribution in [0.15, 0.2) is 56.6 Å². The Morgan fingerprint density at radius 1 is 1.27 bits per heavy atom. The Kier molecular flexibility index (Phi) is 5.95. The molecule has 134 valence electrons. The molecule has 0 aliphatic rings. The van der Waals surface area contributed by atoms with Gasteiger partial charge in [0.05, 0.1) is 18.4 Å². The van der Waals surface area contributed by atoms with E-state index in [2.05, 4.69) is 31.4 Å². The molecule has 0 aliphatic heterocycles. The molecule has 0 atom stereocenters. The van der Waals surface area contributed by atoms with Gasteiger partial charge in [-0.05, 0) is 42.8 Å². The SMILES string of the molecule is COc1ccccc1-c1nnc(SCC(=O)Nc2ccc(Br)c(C)c2)o1. The summed E-state index contributed by atoms with van der Waals surface area (Å²) in [5.74, 6) is 1.03. The summed E-state index contributed by atoms with van der Waals surface area (Å²) in [4.78, 5) is 12.1. The largest absolute Gasteiger partial charge is 0.496 e. The Morgan fingerprint density at radius 3 is 2.85 bits per heavy atom. The van der Waals surface area contributed by atoms with E-state index >= 15 is 0 Å². The van der Waals surface area contributed by atoms with Crippen molar-refractivity contribution in [1.82, 2.24) is 10.2 Å². The molecular formula is C18H16BrN3O3S. The average Bonchev–Trinajstić information content (AvgIpc) is 3.12. The Hall–Kier alpha value is -2.32. The zero-order valence-electron chi connectivity index (χ0n) is 14.2. The van der Waals surface area contributed by atoms with Crippen molar-refractivity contribution in [3.05, 3.63) is 52.5 Å². The first-order valence-corrected chi connectivity index (χ1v) is 9.50. The van der Waals surface area contributed by atoms with Crippen molar-refractivity contribution in [1.29, 1.82) is 0 Å². The number of hydrogen-bond donors (Lipinski definition) is 1. The maximum Gasteiger partial charge on any atom is 0.277 e. The van der Waals surface area contributed by atoms with Crippen molar-refractivity contribution >= 4 is 39.3 Å². The molecule has 8 heteroatoms. The first-order chi connectivity index (χ1) is 12.6. The topological polar surface area (TPSA) is 77.2 Å². The third-order valence-electron chi connectivity index (χ3n) is 3.51. The molecule has 1 N–H and O–H groups in total. The van der Waals surface area contributed by atoms with E-state index in [-0.39, 0.29) is 11.7 Å². The van der Waals surface area contributed by atoms with Gasteiger partial charge in [0.25, 0.3) is 11.1 Å². The van der Waals surface area contributed by atoms with Crippen LogP contribution in [0.5, 0.6) is 5.75 Å². The first kappa shape index (κ1) is 18.5. The molecule has 0 unspecified atom stereocenters. The van der Waals surface area contributed by atoms with E-state index in [0.717, 1.165) is 15.7 Å². The van der Waals surface area contributed by atoms with Gasteiger partial charge in [-0.3, -0.25) is 4.79 Å². The maximum absolute atomic E-state index is 12.1. The number of aryl methyl sites for hydroxylation is 1. The molecule has 6 nitrogen and oxygen atoms in total. The minimum Gasteiger partial charge on any atom is -0.496 e. The molecule has 1 heterocycles. The highest BCUT2D eigenvalue weighted by atomic mass is 79.9. The van der Waals surface area contributed by atoms with Crippen LogP contribution in [0.1, 0.15) is 5.56 Å². The van der Waals surface area contributed by atoms with Crippen LogP contribution in [0.2, 0.25) is 0 Å². The fourth-order valence-electron chi connectivity index (χ4n) is 2.25. The van der Waals surface area contributed by atoms with Crippen molar-refractivity contribution < 1.29 is 13.9 Å². The van der Waals surface area contributed by atoms with Gasteiger partial charge in [-0.1, -0.05) is 39.8 Å². The van der Waals surface area contributed by atoms with Gasteiger partial charge in [0.1, 0.15) is 5.75 Å². The van der Waals surface area contributed by atoms with Crippen LogP contribution in [0.4, 0.5) is 5.69 Å². The molecule has 0 bridgehead atoms. The van der Waals surface area contributed by atoms with Crippen molar-refractivity contribution in [3.63, 3.8) is 0 Å². The van der Waals surface area contributed by atoms with Gasteiger partial charge in [0.2, 0.25) is 5.91 Å². The van der Waals surface area contributed by atoms with Crippen LogP contribution < -0.4 is 10.1 Å². The molecule has 26 heavy (non-hydrogen) atoms. The summed E-state index contributed by atoms with van der Waals surface area (Å²) in [6, 6.07) is 13.0.